The van der Waals surface area contributed by atoms with Gasteiger partial charge >= 0.3 is 6.03 Å². The zero-order valence-electron chi connectivity index (χ0n) is 24.7. The van der Waals surface area contributed by atoms with Gasteiger partial charge in [-0.15, -0.1) is 11.3 Å². The lowest BCUT2D eigenvalue weighted by Gasteiger charge is -2.37. The number of thiophene rings is 1. The molecule has 10 nitrogen and oxygen atoms in total. The van der Waals surface area contributed by atoms with Gasteiger partial charge in [-0.2, -0.15) is 15.6 Å². The molecule has 0 bridgehead atoms. The summed E-state index contributed by atoms with van der Waals surface area (Å²) in [5.41, 5.74) is 4.83. The second-order valence-electron chi connectivity index (χ2n) is 11.0. The molecule has 2 aromatic carbocycles. The Bertz CT molecular complexity index is 1860. The standard InChI is InChI=1S/C34H31N9OS/c1-42-22-26(21-39-42)24-7-11-28(12-8-24)43(34(44)38-19-23-5-3-2-4-6-23)29-13-9-27(10-14-29)40-33-37-20-25(17-35)32(41-33)31-16-15-30(18-36)45-31/h2-8,11-12,15-16,20-22,27,29H,9-10,13-14,19H2,1H3,(H,38,44)(H,37,40,41). The van der Waals surface area contributed by atoms with Crippen molar-refractivity contribution in [2.75, 3.05) is 10.2 Å². The maximum atomic E-state index is 13.7. The third-order valence-electron chi connectivity index (χ3n) is 7.94. The molecule has 11 heteroatoms. The average Bonchev–Trinajstić information content (AvgIpc) is 3.75. The van der Waals surface area contributed by atoms with Crippen LogP contribution >= 0.6 is 11.3 Å². The molecule has 0 saturated heterocycles. The minimum atomic E-state index is -0.128. The lowest BCUT2D eigenvalue weighted by atomic mass is 9.90. The normalized spacial score (nSPS) is 15.9. The van der Waals surface area contributed by atoms with Gasteiger partial charge in [-0.25, -0.2) is 14.8 Å². The SMILES string of the molecule is Cn1cc(-c2ccc(N(C(=O)NCc3ccccc3)C3CCC(Nc4ncc(C#N)c(-c5ccc(C#N)s5)n4)CC3)cc2)cn1. The molecule has 6 rings (SSSR count). The van der Waals surface area contributed by atoms with E-state index in [1.165, 1.54) is 17.5 Å². The van der Waals surface area contributed by atoms with E-state index in [2.05, 4.69) is 37.8 Å². The van der Waals surface area contributed by atoms with Gasteiger partial charge < -0.3 is 10.6 Å². The summed E-state index contributed by atoms with van der Waals surface area (Å²) in [4.78, 5) is 26.0. The average molecular weight is 614 g/mol. The zero-order valence-corrected chi connectivity index (χ0v) is 25.5. The first-order chi connectivity index (χ1) is 22.0. The molecule has 1 aliphatic rings. The largest absolute Gasteiger partial charge is 0.351 e. The highest BCUT2D eigenvalue weighted by Crippen LogP contribution is 2.32. The van der Waals surface area contributed by atoms with Crippen LogP contribution in [-0.2, 0) is 13.6 Å². The fraction of sp³-hybridized carbons (Fsp3) is 0.235. The van der Waals surface area contributed by atoms with Gasteiger partial charge in [0.2, 0.25) is 5.95 Å². The van der Waals surface area contributed by atoms with Crippen molar-refractivity contribution in [3.63, 3.8) is 0 Å². The van der Waals surface area contributed by atoms with Crippen LogP contribution in [0.3, 0.4) is 0 Å². The summed E-state index contributed by atoms with van der Waals surface area (Å²) in [6.45, 7) is 0.444. The smallest absolute Gasteiger partial charge is 0.322 e. The zero-order chi connectivity index (χ0) is 31.2. The van der Waals surface area contributed by atoms with E-state index in [0.29, 0.717) is 28.6 Å². The van der Waals surface area contributed by atoms with Crippen molar-refractivity contribution < 1.29 is 4.79 Å². The van der Waals surface area contributed by atoms with Crippen LogP contribution in [-0.4, -0.2) is 37.9 Å². The molecular formula is C34H31N9OS. The first-order valence-electron chi connectivity index (χ1n) is 14.7. The minimum absolute atomic E-state index is 0.0102. The topological polar surface area (TPSA) is 136 Å². The Labute approximate surface area is 265 Å². The molecule has 1 fully saturated rings. The highest BCUT2D eigenvalue weighted by Gasteiger charge is 2.30. The molecular weight excluding hydrogens is 583 g/mol. The van der Waals surface area contributed by atoms with Crippen LogP contribution in [0.15, 0.2) is 85.3 Å². The highest BCUT2D eigenvalue weighted by molar-refractivity contribution is 7.16. The van der Waals surface area contributed by atoms with E-state index in [9.17, 15) is 15.3 Å². The number of benzene rings is 2. The Balaban J connectivity index is 1.17. The first kappa shape index (κ1) is 29.5. The molecule has 0 aliphatic heterocycles. The van der Waals surface area contributed by atoms with E-state index in [-0.39, 0.29) is 18.1 Å². The molecule has 45 heavy (non-hydrogen) atoms. The van der Waals surface area contributed by atoms with Crippen molar-refractivity contribution in [2.24, 2.45) is 7.05 Å². The fourth-order valence-corrected chi connectivity index (χ4v) is 6.45. The molecule has 2 amide bonds. The van der Waals surface area contributed by atoms with Crippen molar-refractivity contribution in [3.8, 4) is 33.8 Å². The van der Waals surface area contributed by atoms with Crippen molar-refractivity contribution in [1.29, 1.82) is 10.5 Å². The molecule has 0 atom stereocenters. The van der Waals surface area contributed by atoms with Gasteiger partial charge in [0.1, 0.15) is 22.7 Å². The van der Waals surface area contributed by atoms with Gasteiger partial charge in [0.05, 0.1) is 22.8 Å². The van der Waals surface area contributed by atoms with Crippen molar-refractivity contribution in [3.05, 3.63) is 101 Å². The number of carbonyl (C=O) groups excluding carboxylic acids is 1. The summed E-state index contributed by atoms with van der Waals surface area (Å²) in [7, 11) is 1.89. The van der Waals surface area contributed by atoms with Crippen LogP contribution < -0.4 is 15.5 Å². The summed E-state index contributed by atoms with van der Waals surface area (Å²) >= 11 is 1.30. The number of aromatic nitrogens is 4. The number of nitrogens with one attached hydrogen (secondary N) is 2. The second kappa shape index (κ2) is 13.4. The van der Waals surface area contributed by atoms with Crippen LogP contribution in [0.4, 0.5) is 16.4 Å². The van der Waals surface area contributed by atoms with Gasteiger partial charge in [-0.1, -0.05) is 42.5 Å². The second-order valence-corrected chi connectivity index (χ2v) is 12.0. The Morgan fingerprint density at radius 1 is 0.978 bits per heavy atom. The molecule has 3 heterocycles. The molecule has 224 valence electrons. The van der Waals surface area contributed by atoms with Gasteiger partial charge in [0, 0.05) is 43.1 Å². The number of urea groups is 1. The molecule has 1 saturated carbocycles. The predicted octanol–water partition coefficient (Wildman–Crippen LogP) is 6.49. The number of nitriles is 2. The van der Waals surface area contributed by atoms with Crippen molar-refractivity contribution in [2.45, 2.75) is 44.3 Å². The van der Waals surface area contributed by atoms with Crippen molar-refractivity contribution in [1.82, 2.24) is 25.1 Å². The number of nitrogens with zero attached hydrogens (tertiary/aromatic N) is 7. The summed E-state index contributed by atoms with van der Waals surface area (Å²) in [5, 5.41) is 29.7. The number of carbonyl (C=O) groups is 1. The van der Waals surface area contributed by atoms with Gasteiger partial charge in [0.15, 0.2) is 0 Å². The van der Waals surface area contributed by atoms with Crippen LogP contribution in [0, 0.1) is 22.7 Å². The fourth-order valence-electron chi connectivity index (χ4n) is 5.64. The molecule has 2 N–H and O–H groups in total. The highest BCUT2D eigenvalue weighted by atomic mass is 32.1. The van der Waals surface area contributed by atoms with Gasteiger partial charge in [0.25, 0.3) is 0 Å². The Morgan fingerprint density at radius 3 is 2.42 bits per heavy atom. The molecule has 3 aromatic heterocycles. The monoisotopic (exact) mass is 613 g/mol. The number of anilines is 2. The number of aryl methyl sites for hydroxylation is 1. The Hall–Kier alpha value is -5.52. The Kier molecular flexibility index (Phi) is 8.81. The first-order valence-corrected chi connectivity index (χ1v) is 15.6. The molecule has 0 spiro atoms. The van der Waals surface area contributed by atoms with E-state index in [1.54, 1.807) is 10.7 Å². The molecule has 5 aromatic rings. The summed E-state index contributed by atoms with van der Waals surface area (Å²) in [5.74, 6) is 0.447. The molecule has 0 radical (unpaired) electrons. The van der Waals surface area contributed by atoms with Crippen LogP contribution in [0.2, 0.25) is 0 Å². The maximum Gasteiger partial charge on any atom is 0.322 e. The minimum Gasteiger partial charge on any atom is -0.351 e. The van der Waals surface area contributed by atoms with Gasteiger partial charge in [-0.05, 0) is 61.1 Å². The summed E-state index contributed by atoms with van der Waals surface area (Å²) in [6.07, 6.45) is 8.54. The lowest BCUT2D eigenvalue weighted by molar-refractivity contribution is 0.240. The number of hydrogen-bond donors (Lipinski definition) is 2. The molecule has 0 unspecified atom stereocenters. The van der Waals surface area contributed by atoms with E-state index >= 15 is 0 Å². The number of rotatable bonds is 8. The summed E-state index contributed by atoms with van der Waals surface area (Å²) < 4.78 is 1.77. The van der Waals surface area contributed by atoms with Gasteiger partial charge in [-0.3, -0.25) is 9.58 Å². The number of amides is 2. The lowest BCUT2D eigenvalue weighted by Crippen LogP contribution is -2.48. The van der Waals surface area contributed by atoms with Crippen LogP contribution in [0.1, 0.15) is 41.7 Å². The number of hydrogen-bond acceptors (Lipinski definition) is 8. The van der Waals surface area contributed by atoms with E-state index in [0.717, 1.165) is 52.9 Å². The van der Waals surface area contributed by atoms with Crippen LogP contribution in [0.25, 0.3) is 21.7 Å². The predicted molar refractivity (Wildman–Crippen MR) is 174 cm³/mol. The van der Waals surface area contributed by atoms with E-state index in [4.69, 9.17) is 0 Å². The maximum absolute atomic E-state index is 13.7. The van der Waals surface area contributed by atoms with E-state index in [1.807, 2.05) is 85.0 Å². The van der Waals surface area contributed by atoms with Crippen LogP contribution in [0.5, 0.6) is 0 Å². The Morgan fingerprint density at radius 2 is 1.76 bits per heavy atom. The third kappa shape index (κ3) is 6.85. The van der Waals surface area contributed by atoms with Crippen molar-refractivity contribution >= 4 is 29.0 Å². The van der Waals surface area contributed by atoms with E-state index < -0.39 is 0 Å². The quantitative estimate of drug-likeness (QED) is 0.204. The summed E-state index contributed by atoms with van der Waals surface area (Å²) in [6, 6.07) is 25.8. The molecule has 1 aliphatic carbocycles. The third-order valence-corrected chi connectivity index (χ3v) is 8.94.